The molecule has 0 radical (unpaired) electrons. The van der Waals surface area contributed by atoms with E-state index in [2.05, 4.69) is 25.7 Å². The van der Waals surface area contributed by atoms with Crippen LogP contribution in [0, 0.1) is 5.92 Å². The average Bonchev–Trinajstić information content (AvgIpc) is 2.93. The lowest BCUT2D eigenvalue weighted by molar-refractivity contribution is -0.137. The van der Waals surface area contributed by atoms with Gasteiger partial charge in [0.15, 0.2) is 0 Å². The van der Waals surface area contributed by atoms with Crippen LogP contribution in [0.2, 0.25) is 0 Å². The topological polar surface area (TPSA) is 20.3 Å². The van der Waals surface area contributed by atoms with Crippen LogP contribution in [0.5, 0.6) is 0 Å². The highest BCUT2D eigenvalue weighted by Crippen LogP contribution is 2.28. The number of unbranched alkanes of at least 4 members (excludes halogenated alkanes) is 3. The Morgan fingerprint density at radius 3 is 2.32 bits per heavy atom. The summed E-state index contributed by atoms with van der Waals surface area (Å²) >= 11 is 0. The van der Waals surface area contributed by atoms with Crippen LogP contribution in [-0.2, 0) is 4.79 Å². The number of nitrogens with zero attached hydrogens (tertiary/aromatic N) is 1. The molecule has 0 N–H and O–H groups in total. The van der Waals surface area contributed by atoms with Gasteiger partial charge in [-0.05, 0) is 32.6 Å². The average molecular weight is 267 g/mol. The first-order valence-corrected chi connectivity index (χ1v) is 8.51. The minimum absolute atomic E-state index is 0.338. The van der Waals surface area contributed by atoms with Crippen molar-refractivity contribution in [2.45, 2.75) is 91.0 Å². The van der Waals surface area contributed by atoms with E-state index < -0.39 is 0 Å². The first-order valence-electron chi connectivity index (χ1n) is 8.51. The molecule has 2 heteroatoms. The number of hydrogen-bond donors (Lipinski definition) is 0. The second-order valence-electron chi connectivity index (χ2n) is 6.21. The van der Waals surface area contributed by atoms with Crippen molar-refractivity contribution in [2.75, 3.05) is 6.54 Å². The van der Waals surface area contributed by atoms with E-state index in [0.29, 0.717) is 17.9 Å². The zero-order valence-corrected chi connectivity index (χ0v) is 13.3. The SMILES string of the molecule is CCCCCC(C)N(CCCC)C(=O)C1CCCC1. The van der Waals surface area contributed by atoms with Crippen LogP contribution in [0.25, 0.3) is 0 Å². The Kier molecular flexibility index (Phi) is 8.16. The van der Waals surface area contributed by atoms with Gasteiger partial charge in [0.2, 0.25) is 5.91 Å². The lowest BCUT2D eigenvalue weighted by Gasteiger charge is -2.31. The highest BCUT2D eigenvalue weighted by atomic mass is 16.2. The molecule has 2 nitrogen and oxygen atoms in total. The summed E-state index contributed by atoms with van der Waals surface area (Å²) in [6, 6.07) is 0.436. The minimum atomic E-state index is 0.338. The number of carbonyl (C=O) groups excluding carboxylic acids is 1. The molecule has 0 saturated heterocycles. The van der Waals surface area contributed by atoms with Crippen LogP contribution in [0.1, 0.15) is 85.0 Å². The van der Waals surface area contributed by atoms with E-state index in [0.717, 1.165) is 25.8 Å². The molecule has 0 bridgehead atoms. The monoisotopic (exact) mass is 267 g/mol. The third kappa shape index (κ3) is 5.54. The van der Waals surface area contributed by atoms with E-state index >= 15 is 0 Å². The summed E-state index contributed by atoms with van der Waals surface area (Å²) in [7, 11) is 0. The van der Waals surface area contributed by atoms with Crippen molar-refractivity contribution in [2.24, 2.45) is 5.92 Å². The molecular weight excluding hydrogens is 234 g/mol. The van der Waals surface area contributed by atoms with Crippen molar-refractivity contribution in [3.8, 4) is 0 Å². The summed E-state index contributed by atoms with van der Waals surface area (Å²) < 4.78 is 0. The van der Waals surface area contributed by atoms with Gasteiger partial charge in [-0.1, -0.05) is 52.4 Å². The predicted octanol–water partition coefficient (Wildman–Crippen LogP) is 4.77. The summed E-state index contributed by atoms with van der Waals surface area (Å²) in [6.45, 7) is 7.67. The minimum Gasteiger partial charge on any atom is -0.340 e. The lowest BCUT2D eigenvalue weighted by atomic mass is 10.0. The number of carbonyl (C=O) groups is 1. The first-order chi connectivity index (χ1) is 9.20. The molecule has 0 aromatic rings. The highest BCUT2D eigenvalue weighted by molar-refractivity contribution is 5.79. The van der Waals surface area contributed by atoms with Crippen molar-refractivity contribution >= 4 is 5.91 Å². The zero-order chi connectivity index (χ0) is 14.1. The van der Waals surface area contributed by atoms with Crippen LogP contribution in [0.15, 0.2) is 0 Å². The molecule has 0 aromatic heterocycles. The summed E-state index contributed by atoms with van der Waals surface area (Å²) in [5.74, 6) is 0.792. The second-order valence-corrected chi connectivity index (χ2v) is 6.21. The normalized spacial score (nSPS) is 17.6. The molecule has 1 fully saturated rings. The molecule has 1 atom stereocenters. The van der Waals surface area contributed by atoms with Gasteiger partial charge in [-0.15, -0.1) is 0 Å². The van der Waals surface area contributed by atoms with Gasteiger partial charge in [-0.2, -0.15) is 0 Å². The van der Waals surface area contributed by atoms with Gasteiger partial charge >= 0.3 is 0 Å². The highest BCUT2D eigenvalue weighted by Gasteiger charge is 2.29. The molecule has 1 unspecified atom stereocenters. The van der Waals surface area contributed by atoms with Crippen LogP contribution in [0.3, 0.4) is 0 Å². The van der Waals surface area contributed by atoms with Gasteiger partial charge in [0.1, 0.15) is 0 Å². The van der Waals surface area contributed by atoms with Crippen molar-refractivity contribution in [3.05, 3.63) is 0 Å². The van der Waals surface area contributed by atoms with Gasteiger partial charge in [-0.25, -0.2) is 0 Å². The maximum atomic E-state index is 12.7. The molecule has 0 aromatic carbocycles. The Labute approximate surface area is 119 Å². The molecule has 0 heterocycles. The van der Waals surface area contributed by atoms with Crippen LogP contribution >= 0.6 is 0 Å². The fourth-order valence-corrected chi connectivity index (χ4v) is 3.13. The van der Waals surface area contributed by atoms with E-state index in [1.165, 1.54) is 44.9 Å². The van der Waals surface area contributed by atoms with Crippen LogP contribution in [-0.4, -0.2) is 23.4 Å². The van der Waals surface area contributed by atoms with Gasteiger partial charge in [0.05, 0.1) is 0 Å². The maximum Gasteiger partial charge on any atom is 0.225 e. The number of hydrogen-bond acceptors (Lipinski definition) is 1. The molecule has 1 saturated carbocycles. The quantitative estimate of drug-likeness (QED) is 0.551. The zero-order valence-electron chi connectivity index (χ0n) is 13.3. The molecular formula is C17H33NO. The van der Waals surface area contributed by atoms with E-state index in [1.807, 2.05) is 0 Å². The van der Waals surface area contributed by atoms with Gasteiger partial charge in [0, 0.05) is 18.5 Å². The molecule has 1 rings (SSSR count). The Hall–Kier alpha value is -0.530. The van der Waals surface area contributed by atoms with Crippen molar-refractivity contribution in [1.82, 2.24) is 4.90 Å². The number of rotatable bonds is 9. The van der Waals surface area contributed by atoms with Gasteiger partial charge in [-0.3, -0.25) is 4.79 Å². The molecule has 112 valence electrons. The van der Waals surface area contributed by atoms with Gasteiger partial charge < -0.3 is 4.90 Å². The fraction of sp³-hybridized carbons (Fsp3) is 0.941. The van der Waals surface area contributed by atoms with E-state index in [9.17, 15) is 4.79 Å². The van der Waals surface area contributed by atoms with Crippen LogP contribution in [0.4, 0.5) is 0 Å². The Bertz CT molecular complexity index is 246. The van der Waals surface area contributed by atoms with Crippen molar-refractivity contribution in [1.29, 1.82) is 0 Å². The first kappa shape index (κ1) is 16.5. The summed E-state index contributed by atoms with van der Waals surface area (Å²) in [5.41, 5.74) is 0. The molecule has 0 spiro atoms. The molecule has 1 aliphatic rings. The van der Waals surface area contributed by atoms with Gasteiger partial charge in [0.25, 0.3) is 0 Å². The third-order valence-electron chi connectivity index (χ3n) is 4.50. The largest absolute Gasteiger partial charge is 0.340 e. The molecule has 19 heavy (non-hydrogen) atoms. The molecule has 1 amide bonds. The van der Waals surface area contributed by atoms with Crippen LogP contribution < -0.4 is 0 Å². The summed E-state index contributed by atoms with van der Waals surface area (Å²) in [5, 5.41) is 0. The molecule has 0 aliphatic heterocycles. The smallest absolute Gasteiger partial charge is 0.225 e. The van der Waals surface area contributed by atoms with Crippen molar-refractivity contribution < 1.29 is 4.79 Å². The Balaban J connectivity index is 2.50. The second kappa shape index (κ2) is 9.39. The lowest BCUT2D eigenvalue weighted by Crippen LogP contribution is -2.42. The number of amides is 1. The third-order valence-corrected chi connectivity index (χ3v) is 4.50. The predicted molar refractivity (Wildman–Crippen MR) is 82.2 cm³/mol. The standard InChI is InChI=1S/C17H33NO/c1-4-6-8-11-15(3)18(14-7-5-2)17(19)16-12-9-10-13-16/h15-16H,4-14H2,1-3H3. The Morgan fingerprint density at radius 2 is 1.74 bits per heavy atom. The maximum absolute atomic E-state index is 12.7. The van der Waals surface area contributed by atoms with E-state index in [1.54, 1.807) is 0 Å². The summed E-state index contributed by atoms with van der Waals surface area (Å²) in [4.78, 5) is 14.9. The summed E-state index contributed by atoms with van der Waals surface area (Å²) in [6.07, 6.45) is 12.1. The Morgan fingerprint density at radius 1 is 1.11 bits per heavy atom. The fourth-order valence-electron chi connectivity index (χ4n) is 3.13. The van der Waals surface area contributed by atoms with E-state index in [-0.39, 0.29) is 0 Å². The molecule has 1 aliphatic carbocycles. The van der Waals surface area contributed by atoms with E-state index in [4.69, 9.17) is 0 Å². The van der Waals surface area contributed by atoms with Crippen molar-refractivity contribution in [3.63, 3.8) is 0 Å².